The third kappa shape index (κ3) is 3.07. The van der Waals surface area contributed by atoms with Crippen LogP contribution in [0.15, 0.2) is 65.8 Å². The molecule has 0 amide bonds. The summed E-state index contributed by atoms with van der Waals surface area (Å²) in [5.41, 5.74) is 5.44. The first-order valence-electron chi connectivity index (χ1n) is 9.91. The predicted octanol–water partition coefficient (Wildman–Crippen LogP) is 4.86. The molecule has 1 fully saturated rings. The number of nitrogens with zero attached hydrogens (tertiary/aromatic N) is 2. The highest BCUT2D eigenvalue weighted by molar-refractivity contribution is 6.04. The number of fused-ring (bicyclic) bond motifs is 1. The summed E-state index contributed by atoms with van der Waals surface area (Å²) >= 11 is 0. The zero-order valence-corrected chi connectivity index (χ0v) is 16.2. The Bertz CT molecular complexity index is 1100. The summed E-state index contributed by atoms with van der Waals surface area (Å²) in [5, 5.41) is 12.1. The van der Waals surface area contributed by atoms with Gasteiger partial charge in [-0.3, -0.25) is 5.10 Å². The number of aromatic amines is 1. The number of rotatable bonds is 5. The first kappa shape index (κ1) is 17.9. The Hall–Kier alpha value is -3.21. The Balaban J connectivity index is 1.63. The Kier molecular flexibility index (Phi) is 4.31. The van der Waals surface area contributed by atoms with E-state index in [4.69, 9.17) is 4.84 Å². The van der Waals surface area contributed by atoms with Crippen LogP contribution in [0.4, 0.5) is 4.39 Å². The molecule has 29 heavy (non-hydrogen) atoms. The van der Waals surface area contributed by atoms with Crippen LogP contribution < -0.4 is 0 Å². The van der Waals surface area contributed by atoms with Crippen molar-refractivity contribution >= 4 is 11.8 Å². The molecule has 1 atom stereocenters. The fourth-order valence-electron chi connectivity index (χ4n) is 4.29. The van der Waals surface area contributed by atoms with Gasteiger partial charge < -0.3 is 4.84 Å². The van der Waals surface area contributed by atoms with Crippen molar-refractivity contribution < 1.29 is 9.23 Å². The van der Waals surface area contributed by atoms with Crippen LogP contribution in [0.5, 0.6) is 0 Å². The van der Waals surface area contributed by atoms with Gasteiger partial charge in [-0.25, -0.2) is 4.39 Å². The van der Waals surface area contributed by atoms with E-state index in [1.165, 1.54) is 6.07 Å². The number of allylic oxidation sites excluding steroid dienone is 1. The highest BCUT2D eigenvalue weighted by Gasteiger charge is 2.39. The average molecular weight is 387 g/mol. The Labute approximate surface area is 169 Å². The maximum Gasteiger partial charge on any atom is 0.123 e. The van der Waals surface area contributed by atoms with Crippen molar-refractivity contribution in [3.05, 3.63) is 94.6 Å². The normalized spacial score (nSPS) is 21.1. The smallest absolute Gasteiger partial charge is 0.123 e. The quantitative estimate of drug-likeness (QED) is 0.502. The van der Waals surface area contributed by atoms with Gasteiger partial charge in [0.2, 0.25) is 0 Å². The lowest BCUT2D eigenvalue weighted by Gasteiger charge is -2.34. The van der Waals surface area contributed by atoms with Gasteiger partial charge in [0.05, 0.1) is 0 Å². The van der Waals surface area contributed by atoms with Crippen LogP contribution in [0.2, 0.25) is 0 Å². The highest BCUT2D eigenvalue weighted by Crippen LogP contribution is 2.43. The number of halogens is 1. The SMILES string of the molecule is CON=C(c1n[nH]c2c1C=CC(c1ccccc1)(c1cccc(F)c1)C2)C1CC1. The zero-order chi connectivity index (χ0) is 19.8. The summed E-state index contributed by atoms with van der Waals surface area (Å²) in [6.45, 7) is 0. The van der Waals surface area contributed by atoms with Crippen LogP contribution in [0.3, 0.4) is 0 Å². The van der Waals surface area contributed by atoms with E-state index in [0.717, 1.165) is 46.6 Å². The second kappa shape index (κ2) is 6.99. The van der Waals surface area contributed by atoms with Gasteiger partial charge in [-0.05, 0) is 36.1 Å². The number of aromatic nitrogens is 2. The molecule has 1 aromatic heterocycles. The minimum Gasteiger partial charge on any atom is -0.399 e. The van der Waals surface area contributed by atoms with Gasteiger partial charge in [0.15, 0.2) is 0 Å². The molecule has 3 aromatic rings. The predicted molar refractivity (Wildman–Crippen MR) is 111 cm³/mol. The Morgan fingerprint density at radius 2 is 1.93 bits per heavy atom. The van der Waals surface area contributed by atoms with Crippen LogP contribution in [-0.4, -0.2) is 23.0 Å². The fraction of sp³-hybridized carbons (Fsp3) is 0.250. The zero-order valence-electron chi connectivity index (χ0n) is 16.2. The van der Waals surface area contributed by atoms with E-state index in [1.807, 2.05) is 24.3 Å². The number of H-pyrrole nitrogens is 1. The minimum absolute atomic E-state index is 0.231. The van der Waals surface area contributed by atoms with E-state index in [2.05, 4.69) is 39.6 Å². The number of hydrogen-bond donors (Lipinski definition) is 1. The Morgan fingerprint density at radius 1 is 1.14 bits per heavy atom. The molecular weight excluding hydrogens is 365 g/mol. The lowest BCUT2D eigenvalue weighted by Crippen LogP contribution is -2.30. The molecule has 5 rings (SSSR count). The molecule has 2 aliphatic carbocycles. The van der Waals surface area contributed by atoms with E-state index in [0.29, 0.717) is 12.3 Å². The minimum atomic E-state index is -0.460. The van der Waals surface area contributed by atoms with Gasteiger partial charge in [0.1, 0.15) is 24.3 Å². The first-order chi connectivity index (χ1) is 14.2. The summed E-state index contributed by atoms with van der Waals surface area (Å²) in [6, 6.07) is 17.1. The topological polar surface area (TPSA) is 50.3 Å². The number of nitrogens with one attached hydrogen (secondary N) is 1. The largest absolute Gasteiger partial charge is 0.399 e. The molecule has 1 unspecified atom stereocenters. The summed E-state index contributed by atoms with van der Waals surface area (Å²) in [6.07, 6.45) is 7.18. The van der Waals surface area contributed by atoms with E-state index in [-0.39, 0.29) is 5.82 Å². The van der Waals surface area contributed by atoms with Crippen molar-refractivity contribution in [3.63, 3.8) is 0 Å². The van der Waals surface area contributed by atoms with Crippen LogP contribution in [0.25, 0.3) is 6.08 Å². The molecule has 2 aromatic carbocycles. The van der Waals surface area contributed by atoms with Crippen molar-refractivity contribution in [1.29, 1.82) is 0 Å². The molecule has 0 saturated heterocycles. The lowest BCUT2D eigenvalue weighted by atomic mass is 9.68. The summed E-state index contributed by atoms with van der Waals surface area (Å²) < 4.78 is 14.1. The molecule has 0 aliphatic heterocycles. The molecule has 0 radical (unpaired) electrons. The molecule has 1 heterocycles. The molecule has 1 N–H and O–H groups in total. The molecule has 5 heteroatoms. The molecular formula is C24H22FN3O. The second-order valence-electron chi connectivity index (χ2n) is 7.76. The van der Waals surface area contributed by atoms with Crippen LogP contribution in [0.1, 0.15) is 40.9 Å². The maximum absolute atomic E-state index is 14.1. The number of hydrogen-bond acceptors (Lipinski definition) is 3. The van der Waals surface area contributed by atoms with Crippen molar-refractivity contribution in [1.82, 2.24) is 10.2 Å². The molecule has 146 valence electrons. The van der Waals surface area contributed by atoms with Crippen molar-refractivity contribution in [2.24, 2.45) is 11.1 Å². The first-order valence-corrected chi connectivity index (χ1v) is 9.91. The Morgan fingerprint density at radius 3 is 2.66 bits per heavy atom. The van der Waals surface area contributed by atoms with E-state index in [1.54, 1.807) is 19.2 Å². The standard InChI is InChI=1S/C24H22FN3O/c1-29-28-22(16-10-11-16)23-20-12-13-24(15-21(20)26-27-23,17-6-3-2-4-7-17)18-8-5-9-19(25)14-18/h2-9,12-14,16H,10-11,15H2,1H3,(H,26,27). The van der Waals surface area contributed by atoms with Gasteiger partial charge in [-0.2, -0.15) is 5.10 Å². The molecule has 4 nitrogen and oxygen atoms in total. The molecule has 0 bridgehead atoms. The molecule has 1 saturated carbocycles. The number of benzene rings is 2. The lowest BCUT2D eigenvalue weighted by molar-refractivity contribution is 0.212. The molecule has 0 spiro atoms. The van der Waals surface area contributed by atoms with Crippen molar-refractivity contribution in [3.8, 4) is 0 Å². The van der Waals surface area contributed by atoms with Gasteiger partial charge in [0.25, 0.3) is 0 Å². The third-order valence-corrected chi connectivity index (χ3v) is 5.90. The second-order valence-corrected chi connectivity index (χ2v) is 7.76. The monoisotopic (exact) mass is 387 g/mol. The van der Waals surface area contributed by atoms with E-state index >= 15 is 0 Å². The van der Waals surface area contributed by atoms with Crippen LogP contribution in [-0.2, 0) is 16.7 Å². The van der Waals surface area contributed by atoms with Crippen LogP contribution >= 0.6 is 0 Å². The highest BCUT2D eigenvalue weighted by atomic mass is 19.1. The fourth-order valence-corrected chi connectivity index (χ4v) is 4.29. The van der Waals surface area contributed by atoms with Gasteiger partial charge >= 0.3 is 0 Å². The van der Waals surface area contributed by atoms with Crippen LogP contribution in [0, 0.1) is 11.7 Å². The number of oxime groups is 1. The van der Waals surface area contributed by atoms with Crippen molar-refractivity contribution in [2.75, 3.05) is 7.11 Å². The summed E-state index contributed by atoms with van der Waals surface area (Å²) in [7, 11) is 1.57. The molecule has 2 aliphatic rings. The van der Waals surface area contributed by atoms with Gasteiger partial charge in [-0.1, -0.05) is 59.8 Å². The summed E-state index contributed by atoms with van der Waals surface area (Å²) in [4.78, 5) is 5.08. The van der Waals surface area contributed by atoms with E-state index in [9.17, 15) is 4.39 Å². The third-order valence-electron chi connectivity index (χ3n) is 5.90. The average Bonchev–Trinajstić information content (AvgIpc) is 3.52. The van der Waals surface area contributed by atoms with Gasteiger partial charge in [0, 0.05) is 29.0 Å². The van der Waals surface area contributed by atoms with E-state index < -0.39 is 5.41 Å². The summed E-state index contributed by atoms with van der Waals surface area (Å²) in [5.74, 6) is 0.185. The van der Waals surface area contributed by atoms with Crippen molar-refractivity contribution in [2.45, 2.75) is 24.7 Å². The maximum atomic E-state index is 14.1. The van der Waals surface area contributed by atoms with Gasteiger partial charge in [-0.15, -0.1) is 0 Å².